The van der Waals surface area contributed by atoms with Gasteiger partial charge in [0.15, 0.2) is 0 Å². The van der Waals surface area contributed by atoms with E-state index in [0.717, 1.165) is 51.9 Å². The molecule has 4 heteroatoms. The highest BCUT2D eigenvalue weighted by Crippen LogP contribution is 2.64. The van der Waals surface area contributed by atoms with Crippen molar-refractivity contribution in [3.63, 3.8) is 0 Å². The molecule has 0 saturated carbocycles. The Hall–Kier alpha value is -8.86. The summed E-state index contributed by atoms with van der Waals surface area (Å²) in [6.07, 6.45) is 15.4. The third-order valence-corrected chi connectivity index (χ3v) is 16.4. The molecule has 5 aliphatic rings. The molecule has 0 radical (unpaired) electrons. The van der Waals surface area contributed by atoms with Crippen LogP contribution in [0.25, 0.3) is 27.8 Å². The smallest absolute Gasteiger partial charge is 0.119 e. The van der Waals surface area contributed by atoms with E-state index in [1.54, 1.807) is 7.11 Å². The van der Waals surface area contributed by atoms with E-state index in [1.807, 2.05) is 0 Å². The van der Waals surface area contributed by atoms with E-state index in [9.17, 15) is 0 Å². The first-order valence-corrected chi connectivity index (χ1v) is 25.6. The van der Waals surface area contributed by atoms with Gasteiger partial charge in [0.2, 0.25) is 0 Å². The van der Waals surface area contributed by atoms with Crippen LogP contribution >= 0.6 is 0 Å². The molecule has 3 atom stereocenters. The molecule has 3 unspecified atom stereocenters. The summed E-state index contributed by atoms with van der Waals surface area (Å²) < 4.78 is 5.70. The summed E-state index contributed by atoms with van der Waals surface area (Å²) in [7, 11) is 1.73. The number of benzene rings is 9. The van der Waals surface area contributed by atoms with Crippen LogP contribution in [0.15, 0.2) is 267 Å². The van der Waals surface area contributed by atoms with Crippen molar-refractivity contribution < 1.29 is 4.74 Å². The predicted molar refractivity (Wildman–Crippen MR) is 302 cm³/mol. The van der Waals surface area contributed by atoms with Gasteiger partial charge in [-0.05, 0) is 159 Å². The number of allylic oxidation sites excluding steroid dienone is 6. The average molecular weight is 940 g/mol. The number of fused-ring (bicyclic) bond motifs is 13. The van der Waals surface area contributed by atoms with Crippen molar-refractivity contribution in [2.24, 2.45) is 11.3 Å². The Kier molecular flexibility index (Phi) is 9.94. The molecule has 1 aliphatic heterocycles. The normalized spacial score (nSPS) is 19.0. The van der Waals surface area contributed by atoms with E-state index in [2.05, 4.69) is 283 Å². The molecule has 4 nitrogen and oxygen atoms in total. The standard InChI is InChI=1S/C69H53N3O/c1-68-41-19-18-32-67(68)72(51-24-10-5-11-25-51)66-40-33-47(44-65(66)68)48-42-54(70(49-20-6-3-7-21-49)52-34-37-56(73-2)38-35-52)45-55(43-48)71(50-22-8-4-9-23-50)53-36-39-60-59-28-14-17-31-63(59)69(64(60)46-53)61-29-15-12-26-57(61)58-27-13-16-30-62(58)69/h3-40,42-46,65-66H,41H2,1-2H3. The summed E-state index contributed by atoms with van der Waals surface area (Å²) in [5.74, 6) is 1.05. The first kappa shape index (κ1) is 43.0. The Morgan fingerprint density at radius 1 is 0.493 bits per heavy atom. The highest BCUT2D eigenvalue weighted by molar-refractivity contribution is 5.97. The summed E-state index contributed by atoms with van der Waals surface area (Å²) in [6.45, 7) is 2.47. The fourth-order valence-electron chi connectivity index (χ4n) is 13.2. The Bertz CT molecular complexity index is 3680. The Morgan fingerprint density at radius 2 is 1.00 bits per heavy atom. The maximum atomic E-state index is 5.70. The first-order valence-electron chi connectivity index (χ1n) is 25.6. The molecule has 0 bridgehead atoms. The van der Waals surface area contributed by atoms with E-state index in [1.165, 1.54) is 61.5 Å². The highest BCUT2D eigenvalue weighted by Gasteiger charge is 2.53. The van der Waals surface area contributed by atoms with Gasteiger partial charge in [-0.15, -0.1) is 0 Å². The second-order valence-electron chi connectivity index (χ2n) is 20.2. The van der Waals surface area contributed by atoms with Gasteiger partial charge >= 0.3 is 0 Å². The van der Waals surface area contributed by atoms with Gasteiger partial charge in [0.05, 0.1) is 18.6 Å². The Labute approximate surface area is 428 Å². The van der Waals surface area contributed by atoms with E-state index in [-0.39, 0.29) is 17.4 Å². The minimum absolute atomic E-state index is 0.0869. The quantitative estimate of drug-likeness (QED) is 0.144. The largest absolute Gasteiger partial charge is 0.497 e. The molecule has 0 N–H and O–H groups in total. The van der Waals surface area contributed by atoms with Crippen molar-refractivity contribution in [1.29, 1.82) is 0 Å². The zero-order valence-electron chi connectivity index (χ0n) is 40.9. The van der Waals surface area contributed by atoms with Gasteiger partial charge < -0.3 is 19.4 Å². The maximum absolute atomic E-state index is 5.70. The third kappa shape index (κ3) is 6.53. The van der Waals surface area contributed by atoms with Crippen LogP contribution in [0.1, 0.15) is 41.2 Å². The average Bonchev–Trinajstić information content (AvgIpc) is 4.04. The minimum atomic E-state index is -0.482. The van der Waals surface area contributed by atoms with Gasteiger partial charge in [-0.25, -0.2) is 0 Å². The van der Waals surface area contributed by atoms with Crippen molar-refractivity contribution in [3.05, 3.63) is 294 Å². The van der Waals surface area contributed by atoms with E-state index >= 15 is 0 Å². The molecule has 14 rings (SSSR count). The monoisotopic (exact) mass is 939 g/mol. The van der Waals surface area contributed by atoms with Crippen LogP contribution in [0.3, 0.4) is 0 Å². The molecule has 1 heterocycles. The Morgan fingerprint density at radius 3 is 1.59 bits per heavy atom. The van der Waals surface area contributed by atoms with Crippen LogP contribution in [0.2, 0.25) is 0 Å². The predicted octanol–water partition coefficient (Wildman–Crippen LogP) is 17.3. The molecule has 1 fully saturated rings. The van der Waals surface area contributed by atoms with Gasteiger partial charge in [0.25, 0.3) is 0 Å². The van der Waals surface area contributed by atoms with Gasteiger partial charge in [-0.2, -0.15) is 0 Å². The number of rotatable bonds is 9. The van der Waals surface area contributed by atoms with Crippen molar-refractivity contribution in [3.8, 4) is 28.0 Å². The summed E-state index contributed by atoms with van der Waals surface area (Å²) >= 11 is 0. The number of para-hydroxylation sites is 3. The molecule has 1 saturated heterocycles. The second kappa shape index (κ2) is 16.9. The highest BCUT2D eigenvalue weighted by atomic mass is 16.5. The molecule has 73 heavy (non-hydrogen) atoms. The molecule has 350 valence electrons. The lowest BCUT2D eigenvalue weighted by Gasteiger charge is -2.34. The first-order chi connectivity index (χ1) is 36.0. The van der Waals surface area contributed by atoms with Crippen LogP contribution in [0.4, 0.5) is 39.8 Å². The molecular formula is C69H53N3O. The zero-order chi connectivity index (χ0) is 48.7. The fraction of sp³-hybridized carbons (Fsp3) is 0.101. The van der Waals surface area contributed by atoms with Crippen molar-refractivity contribution in [2.45, 2.75) is 24.8 Å². The number of ether oxygens (including phenoxy) is 1. The van der Waals surface area contributed by atoms with Crippen LogP contribution < -0.4 is 19.4 Å². The van der Waals surface area contributed by atoms with Crippen molar-refractivity contribution in [2.75, 3.05) is 21.8 Å². The van der Waals surface area contributed by atoms with E-state index in [4.69, 9.17) is 4.74 Å². The Balaban J connectivity index is 0.999. The van der Waals surface area contributed by atoms with Gasteiger partial charge in [0.1, 0.15) is 5.75 Å². The number of hydrogen-bond donors (Lipinski definition) is 0. The van der Waals surface area contributed by atoms with Gasteiger partial charge in [-0.1, -0.05) is 171 Å². The SMILES string of the molecule is COc1ccc(N(c2ccccc2)c2cc(C3=CC4C(C=C3)N(c3ccccc3)C3=CC=CCC34C)cc(N(c3ccccc3)c3ccc4c(c3)C3(c5ccccc5-c5ccccc53)c3ccccc3-4)c2)cc1. The lowest BCUT2D eigenvalue weighted by Crippen LogP contribution is -2.31. The van der Waals surface area contributed by atoms with Gasteiger partial charge in [0, 0.05) is 56.8 Å². The zero-order valence-corrected chi connectivity index (χ0v) is 40.9. The topological polar surface area (TPSA) is 19.0 Å². The van der Waals surface area contributed by atoms with Crippen LogP contribution in [-0.2, 0) is 5.41 Å². The van der Waals surface area contributed by atoms with Crippen LogP contribution in [0, 0.1) is 11.3 Å². The summed E-state index contributed by atoms with van der Waals surface area (Å²) in [5.41, 5.74) is 21.3. The summed E-state index contributed by atoms with van der Waals surface area (Å²) in [5, 5.41) is 0. The maximum Gasteiger partial charge on any atom is 0.119 e. The number of hydrogen-bond acceptors (Lipinski definition) is 4. The molecule has 9 aromatic carbocycles. The lowest BCUT2D eigenvalue weighted by molar-refractivity contribution is 0.324. The molecule has 0 amide bonds. The number of methoxy groups -OCH3 is 1. The molecular weight excluding hydrogens is 887 g/mol. The summed E-state index contributed by atoms with van der Waals surface area (Å²) in [6, 6.07) is 82.8. The van der Waals surface area contributed by atoms with E-state index in [0.29, 0.717) is 0 Å². The summed E-state index contributed by atoms with van der Waals surface area (Å²) in [4.78, 5) is 7.44. The molecule has 0 aromatic heterocycles. The van der Waals surface area contributed by atoms with Crippen LogP contribution in [0.5, 0.6) is 5.75 Å². The lowest BCUT2D eigenvalue weighted by atomic mass is 9.69. The number of anilines is 7. The second-order valence-corrected chi connectivity index (χ2v) is 20.2. The molecule has 1 spiro atoms. The number of nitrogens with zero attached hydrogens (tertiary/aromatic N) is 3. The third-order valence-electron chi connectivity index (χ3n) is 16.4. The molecule has 4 aliphatic carbocycles. The van der Waals surface area contributed by atoms with Gasteiger partial charge in [-0.3, -0.25) is 0 Å². The van der Waals surface area contributed by atoms with E-state index < -0.39 is 5.41 Å². The molecule has 9 aromatic rings. The van der Waals surface area contributed by atoms with Crippen LogP contribution in [-0.4, -0.2) is 13.2 Å². The fourth-order valence-corrected chi connectivity index (χ4v) is 13.2. The van der Waals surface area contributed by atoms with Crippen molar-refractivity contribution in [1.82, 2.24) is 0 Å². The van der Waals surface area contributed by atoms with Crippen molar-refractivity contribution >= 4 is 45.4 Å². The minimum Gasteiger partial charge on any atom is -0.497 e.